The number of rotatable bonds is 3. The van der Waals surface area contributed by atoms with E-state index in [1.54, 1.807) is 17.1 Å². The van der Waals surface area contributed by atoms with Crippen LogP contribution in [0.1, 0.15) is 18.0 Å². The predicted molar refractivity (Wildman–Crippen MR) is 67.8 cm³/mol. The average Bonchev–Trinajstić information content (AvgIpc) is 3.11. The Morgan fingerprint density at radius 1 is 1.37 bits per heavy atom. The maximum Gasteiger partial charge on any atom is 0.307 e. The normalized spacial score (nSPS) is 22.5. The molecule has 2 atom stereocenters. The van der Waals surface area contributed by atoms with Crippen molar-refractivity contribution in [1.82, 2.24) is 20.3 Å². The summed E-state index contributed by atoms with van der Waals surface area (Å²) in [5, 5.41) is 19.9. The van der Waals surface area contributed by atoms with Gasteiger partial charge in [-0.15, -0.1) is 5.10 Å². The van der Waals surface area contributed by atoms with E-state index in [4.69, 9.17) is 5.11 Å². The van der Waals surface area contributed by atoms with Crippen LogP contribution < -0.4 is 5.32 Å². The largest absolute Gasteiger partial charge is 0.481 e. The number of nitrogens with zero attached hydrogens (tertiary/aromatic N) is 3. The average molecular weight is 258 g/mol. The monoisotopic (exact) mass is 258 g/mol. The number of hydrogen-bond donors (Lipinski definition) is 2. The summed E-state index contributed by atoms with van der Waals surface area (Å²) in [4.78, 5) is 10.9. The van der Waals surface area contributed by atoms with Crippen LogP contribution in [0.2, 0.25) is 0 Å². The second-order valence-corrected chi connectivity index (χ2v) is 4.67. The van der Waals surface area contributed by atoms with E-state index >= 15 is 0 Å². The standard InChI is InChI=1S/C13H14N4O2/c18-13(19)10-7-12(14-8-10)9-1-3-11(4-2-9)17-6-5-15-16-17/h1-6,10,12,14H,7-8H2,(H,18,19). The molecule has 1 aromatic carbocycles. The van der Waals surface area contributed by atoms with Crippen LogP contribution in [0.3, 0.4) is 0 Å². The van der Waals surface area contributed by atoms with Crippen molar-refractivity contribution in [3.63, 3.8) is 0 Å². The molecule has 19 heavy (non-hydrogen) atoms. The van der Waals surface area contributed by atoms with Crippen LogP contribution in [0.25, 0.3) is 5.69 Å². The Morgan fingerprint density at radius 3 is 2.74 bits per heavy atom. The quantitative estimate of drug-likeness (QED) is 0.858. The molecule has 0 amide bonds. The van der Waals surface area contributed by atoms with Gasteiger partial charge in [-0.05, 0) is 24.1 Å². The van der Waals surface area contributed by atoms with Gasteiger partial charge in [0.15, 0.2) is 0 Å². The lowest BCUT2D eigenvalue weighted by molar-refractivity contribution is -0.141. The molecule has 6 heteroatoms. The molecule has 2 aromatic rings. The molecule has 1 aliphatic heterocycles. The van der Waals surface area contributed by atoms with E-state index < -0.39 is 5.97 Å². The summed E-state index contributed by atoms with van der Waals surface area (Å²) in [6, 6.07) is 8.03. The van der Waals surface area contributed by atoms with Crippen LogP contribution in [0.5, 0.6) is 0 Å². The second-order valence-electron chi connectivity index (χ2n) is 4.67. The SMILES string of the molecule is O=C(O)C1CNC(c2ccc(-n3ccnn3)cc2)C1. The van der Waals surface area contributed by atoms with Crippen LogP contribution in [0.4, 0.5) is 0 Å². The maximum absolute atomic E-state index is 10.9. The van der Waals surface area contributed by atoms with E-state index in [1.807, 2.05) is 24.3 Å². The number of carboxylic acid groups (broad SMARTS) is 1. The van der Waals surface area contributed by atoms with Crippen molar-refractivity contribution in [2.45, 2.75) is 12.5 Å². The molecule has 1 aliphatic rings. The molecule has 98 valence electrons. The van der Waals surface area contributed by atoms with E-state index in [0.29, 0.717) is 13.0 Å². The molecule has 2 N–H and O–H groups in total. The van der Waals surface area contributed by atoms with Crippen molar-refractivity contribution in [2.24, 2.45) is 5.92 Å². The lowest BCUT2D eigenvalue weighted by atomic mass is 10.00. The first-order valence-electron chi connectivity index (χ1n) is 6.17. The fraction of sp³-hybridized carbons (Fsp3) is 0.308. The number of nitrogens with one attached hydrogen (secondary N) is 1. The molecule has 1 saturated heterocycles. The van der Waals surface area contributed by atoms with E-state index in [2.05, 4.69) is 15.6 Å². The van der Waals surface area contributed by atoms with Gasteiger partial charge in [0.1, 0.15) is 0 Å². The van der Waals surface area contributed by atoms with Crippen molar-refractivity contribution in [3.05, 3.63) is 42.2 Å². The molecule has 2 heterocycles. The van der Waals surface area contributed by atoms with Gasteiger partial charge in [0.2, 0.25) is 0 Å². The van der Waals surface area contributed by atoms with Crippen LogP contribution in [-0.4, -0.2) is 32.6 Å². The zero-order valence-corrected chi connectivity index (χ0v) is 10.2. The van der Waals surface area contributed by atoms with Crippen molar-refractivity contribution in [2.75, 3.05) is 6.54 Å². The highest BCUT2D eigenvalue weighted by atomic mass is 16.4. The lowest BCUT2D eigenvalue weighted by Gasteiger charge is -2.11. The van der Waals surface area contributed by atoms with E-state index in [-0.39, 0.29) is 12.0 Å². The first kappa shape index (κ1) is 11.9. The van der Waals surface area contributed by atoms with Gasteiger partial charge in [-0.1, -0.05) is 17.3 Å². The van der Waals surface area contributed by atoms with Crippen molar-refractivity contribution in [3.8, 4) is 5.69 Å². The molecule has 0 bridgehead atoms. The smallest absolute Gasteiger partial charge is 0.307 e. The summed E-state index contributed by atoms with van der Waals surface area (Å²) in [7, 11) is 0. The van der Waals surface area contributed by atoms with Crippen LogP contribution in [0, 0.1) is 5.92 Å². The summed E-state index contributed by atoms with van der Waals surface area (Å²) in [5.74, 6) is -1.02. The number of carbonyl (C=O) groups is 1. The summed E-state index contributed by atoms with van der Waals surface area (Å²) >= 11 is 0. The van der Waals surface area contributed by atoms with Crippen LogP contribution in [0.15, 0.2) is 36.7 Å². The van der Waals surface area contributed by atoms with Gasteiger partial charge in [-0.3, -0.25) is 4.79 Å². The Hall–Kier alpha value is -2.21. The molecular formula is C13H14N4O2. The Labute approximate surface area is 110 Å². The van der Waals surface area contributed by atoms with E-state index in [0.717, 1.165) is 11.3 Å². The summed E-state index contributed by atoms with van der Waals surface area (Å²) < 4.78 is 1.69. The van der Waals surface area contributed by atoms with Gasteiger partial charge in [0.25, 0.3) is 0 Å². The van der Waals surface area contributed by atoms with Crippen LogP contribution in [-0.2, 0) is 4.79 Å². The third kappa shape index (κ3) is 2.34. The molecule has 0 spiro atoms. The van der Waals surface area contributed by atoms with Crippen molar-refractivity contribution in [1.29, 1.82) is 0 Å². The highest BCUT2D eigenvalue weighted by Crippen LogP contribution is 2.27. The molecular weight excluding hydrogens is 244 g/mol. The minimum absolute atomic E-state index is 0.117. The Bertz CT molecular complexity index is 565. The minimum atomic E-state index is -0.728. The molecule has 0 aliphatic carbocycles. The molecule has 0 radical (unpaired) electrons. The predicted octanol–water partition coefficient (Wildman–Crippen LogP) is 1.00. The van der Waals surface area contributed by atoms with Gasteiger partial charge < -0.3 is 10.4 Å². The minimum Gasteiger partial charge on any atom is -0.481 e. The second kappa shape index (κ2) is 4.81. The first-order valence-corrected chi connectivity index (χ1v) is 6.17. The lowest BCUT2D eigenvalue weighted by Crippen LogP contribution is -2.17. The van der Waals surface area contributed by atoms with Crippen LogP contribution >= 0.6 is 0 Å². The number of hydrogen-bond acceptors (Lipinski definition) is 4. The van der Waals surface area contributed by atoms with Gasteiger partial charge >= 0.3 is 5.97 Å². The first-order chi connectivity index (χ1) is 9.24. The summed E-state index contributed by atoms with van der Waals surface area (Å²) in [6.07, 6.45) is 4.05. The highest BCUT2D eigenvalue weighted by Gasteiger charge is 2.29. The molecule has 3 rings (SSSR count). The van der Waals surface area contributed by atoms with E-state index in [9.17, 15) is 4.79 Å². The molecule has 0 saturated carbocycles. The fourth-order valence-electron chi connectivity index (χ4n) is 2.38. The molecule has 6 nitrogen and oxygen atoms in total. The Morgan fingerprint density at radius 2 is 2.16 bits per heavy atom. The zero-order chi connectivity index (χ0) is 13.2. The summed E-state index contributed by atoms with van der Waals surface area (Å²) in [5.41, 5.74) is 2.04. The maximum atomic E-state index is 10.9. The number of benzene rings is 1. The van der Waals surface area contributed by atoms with Crippen molar-refractivity contribution >= 4 is 5.97 Å². The number of carboxylic acids is 1. The molecule has 1 aromatic heterocycles. The van der Waals surface area contributed by atoms with Gasteiger partial charge in [0, 0.05) is 12.6 Å². The Balaban J connectivity index is 1.75. The zero-order valence-electron chi connectivity index (χ0n) is 10.2. The van der Waals surface area contributed by atoms with Crippen molar-refractivity contribution < 1.29 is 9.90 Å². The third-order valence-electron chi connectivity index (χ3n) is 3.46. The molecule has 2 unspecified atom stereocenters. The molecule has 1 fully saturated rings. The van der Waals surface area contributed by atoms with Gasteiger partial charge in [-0.25, -0.2) is 4.68 Å². The van der Waals surface area contributed by atoms with E-state index in [1.165, 1.54) is 0 Å². The van der Waals surface area contributed by atoms with Gasteiger partial charge in [-0.2, -0.15) is 0 Å². The Kier molecular flexibility index (Phi) is 3.00. The number of aromatic nitrogens is 3. The highest BCUT2D eigenvalue weighted by molar-refractivity contribution is 5.70. The third-order valence-corrected chi connectivity index (χ3v) is 3.46. The summed E-state index contributed by atoms with van der Waals surface area (Å²) in [6.45, 7) is 0.533. The number of aliphatic carboxylic acids is 1. The fourth-order valence-corrected chi connectivity index (χ4v) is 2.38. The van der Waals surface area contributed by atoms with Gasteiger partial charge in [0.05, 0.1) is 24.0 Å². The topological polar surface area (TPSA) is 80.0 Å².